The van der Waals surface area contributed by atoms with Gasteiger partial charge in [-0.1, -0.05) is 18.2 Å². The molecule has 0 aliphatic carbocycles. The number of rotatable bonds is 2. The molecule has 22 heavy (non-hydrogen) atoms. The SMILES string of the molecule is Cc1ccsc1C1SC[C@@H]2C(=O)N(c3ccccc3)C(=O)N12. The van der Waals surface area contributed by atoms with Gasteiger partial charge in [-0.2, -0.15) is 0 Å². The predicted molar refractivity (Wildman–Crippen MR) is 89.2 cm³/mol. The summed E-state index contributed by atoms with van der Waals surface area (Å²) >= 11 is 3.33. The summed E-state index contributed by atoms with van der Waals surface area (Å²) < 4.78 is 0. The van der Waals surface area contributed by atoms with E-state index in [2.05, 4.69) is 13.0 Å². The topological polar surface area (TPSA) is 40.6 Å². The largest absolute Gasteiger partial charge is 0.333 e. The molecule has 112 valence electrons. The second-order valence-electron chi connectivity index (χ2n) is 5.37. The molecule has 4 nitrogen and oxygen atoms in total. The molecule has 1 aromatic carbocycles. The highest BCUT2D eigenvalue weighted by Crippen LogP contribution is 2.48. The lowest BCUT2D eigenvalue weighted by Crippen LogP contribution is -2.33. The van der Waals surface area contributed by atoms with Crippen LogP contribution in [0.15, 0.2) is 41.8 Å². The molecule has 1 aromatic heterocycles. The Labute approximate surface area is 136 Å². The molecule has 2 saturated heterocycles. The summed E-state index contributed by atoms with van der Waals surface area (Å²) in [5, 5.41) is 1.99. The molecule has 2 fully saturated rings. The number of anilines is 1. The zero-order valence-electron chi connectivity index (χ0n) is 11.9. The van der Waals surface area contributed by atoms with Gasteiger partial charge in [0.1, 0.15) is 11.4 Å². The first kappa shape index (κ1) is 13.8. The number of carbonyl (C=O) groups is 2. The van der Waals surface area contributed by atoms with E-state index >= 15 is 0 Å². The van der Waals surface area contributed by atoms with E-state index in [-0.39, 0.29) is 23.4 Å². The van der Waals surface area contributed by atoms with Gasteiger partial charge in [-0.05, 0) is 36.1 Å². The van der Waals surface area contributed by atoms with Crippen LogP contribution in [-0.4, -0.2) is 28.6 Å². The van der Waals surface area contributed by atoms with Crippen molar-refractivity contribution in [1.82, 2.24) is 4.90 Å². The number of fused-ring (bicyclic) bond motifs is 1. The summed E-state index contributed by atoms with van der Waals surface area (Å²) in [5.74, 6) is 0.552. The van der Waals surface area contributed by atoms with Crippen LogP contribution in [0.1, 0.15) is 15.8 Å². The van der Waals surface area contributed by atoms with Gasteiger partial charge in [-0.15, -0.1) is 23.1 Å². The lowest BCUT2D eigenvalue weighted by Gasteiger charge is -2.22. The van der Waals surface area contributed by atoms with E-state index in [1.165, 1.54) is 15.3 Å². The first-order chi connectivity index (χ1) is 10.7. The fourth-order valence-electron chi connectivity index (χ4n) is 2.94. The molecule has 1 unspecified atom stereocenters. The minimum absolute atomic E-state index is 0.0461. The number of amides is 3. The van der Waals surface area contributed by atoms with Crippen LogP contribution in [0.25, 0.3) is 0 Å². The molecule has 3 heterocycles. The number of carbonyl (C=O) groups excluding carboxylic acids is 2. The molecule has 2 atom stereocenters. The molecule has 0 spiro atoms. The second kappa shape index (κ2) is 5.14. The zero-order chi connectivity index (χ0) is 15.3. The van der Waals surface area contributed by atoms with Crippen molar-refractivity contribution in [3.63, 3.8) is 0 Å². The van der Waals surface area contributed by atoms with Gasteiger partial charge in [0.15, 0.2) is 0 Å². The van der Waals surface area contributed by atoms with Crippen LogP contribution in [0.3, 0.4) is 0 Å². The van der Waals surface area contributed by atoms with E-state index < -0.39 is 0 Å². The maximum Gasteiger partial charge on any atom is 0.333 e. The number of urea groups is 1. The Kier molecular flexibility index (Phi) is 3.23. The van der Waals surface area contributed by atoms with Crippen molar-refractivity contribution in [3.05, 3.63) is 52.2 Å². The van der Waals surface area contributed by atoms with Gasteiger partial charge in [0.05, 0.1) is 5.69 Å². The van der Waals surface area contributed by atoms with Crippen molar-refractivity contribution in [2.45, 2.75) is 18.3 Å². The highest BCUT2D eigenvalue weighted by atomic mass is 32.2. The van der Waals surface area contributed by atoms with Crippen LogP contribution in [0.4, 0.5) is 10.5 Å². The fraction of sp³-hybridized carbons (Fsp3) is 0.250. The molecule has 4 rings (SSSR count). The number of hydrogen-bond donors (Lipinski definition) is 0. The van der Waals surface area contributed by atoms with Crippen LogP contribution >= 0.6 is 23.1 Å². The molecule has 6 heteroatoms. The van der Waals surface area contributed by atoms with Crippen LogP contribution in [0, 0.1) is 6.92 Å². The van der Waals surface area contributed by atoms with Crippen LogP contribution < -0.4 is 4.90 Å². The first-order valence-corrected chi connectivity index (χ1v) is 8.98. The first-order valence-electron chi connectivity index (χ1n) is 7.05. The molecule has 0 N–H and O–H groups in total. The number of nitrogens with zero attached hydrogens (tertiary/aromatic N) is 2. The maximum atomic E-state index is 12.8. The van der Waals surface area contributed by atoms with E-state index in [0.717, 1.165) is 0 Å². The van der Waals surface area contributed by atoms with E-state index in [1.807, 2.05) is 23.6 Å². The molecule has 2 aromatic rings. The van der Waals surface area contributed by atoms with Gasteiger partial charge in [-0.3, -0.25) is 9.69 Å². The number of benzene rings is 1. The summed E-state index contributed by atoms with van der Waals surface area (Å²) in [4.78, 5) is 29.7. The van der Waals surface area contributed by atoms with Gasteiger partial charge in [0.25, 0.3) is 5.91 Å². The van der Waals surface area contributed by atoms with E-state index in [1.54, 1.807) is 40.1 Å². The average Bonchev–Trinajstić information content (AvgIpc) is 3.18. The Morgan fingerprint density at radius 2 is 1.91 bits per heavy atom. The predicted octanol–water partition coefficient (Wildman–Crippen LogP) is 3.64. The van der Waals surface area contributed by atoms with Crippen LogP contribution in [-0.2, 0) is 4.79 Å². The van der Waals surface area contributed by atoms with Gasteiger partial charge >= 0.3 is 6.03 Å². The van der Waals surface area contributed by atoms with Crippen molar-refractivity contribution < 1.29 is 9.59 Å². The van der Waals surface area contributed by atoms with Gasteiger partial charge in [-0.25, -0.2) is 9.69 Å². The Balaban J connectivity index is 1.72. The summed E-state index contributed by atoms with van der Waals surface area (Å²) in [7, 11) is 0. The highest BCUT2D eigenvalue weighted by Gasteiger charge is 2.53. The summed E-state index contributed by atoms with van der Waals surface area (Å²) in [6.45, 7) is 2.05. The molecule has 0 saturated carbocycles. The molecule has 0 radical (unpaired) electrons. The van der Waals surface area contributed by atoms with Crippen molar-refractivity contribution in [2.24, 2.45) is 0 Å². The summed E-state index contributed by atoms with van der Waals surface area (Å²) in [5.41, 5.74) is 1.83. The quantitative estimate of drug-likeness (QED) is 0.789. The molecule has 0 bridgehead atoms. The van der Waals surface area contributed by atoms with Gasteiger partial charge < -0.3 is 0 Å². The maximum absolute atomic E-state index is 12.8. The van der Waals surface area contributed by atoms with Crippen molar-refractivity contribution in [3.8, 4) is 0 Å². The normalized spacial score (nSPS) is 24.2. The standard InChI is InChI=1S/C16H14N2O2S2/c1-10-7-8-21-13(10)15-18-12(9-22-15)14(19)17(16(18)20)11-5-3-2-4-6-11/h2-8,12,15H,9H2,1H3/t12-,15?/m1/s1. The number of hydrogen-bond acceptors (Lipinski definition) is 4. The molecular weight excluding hydrogens is 316 g/mol. The summed E-state index contributed by atoms with van der Waals surface area (Å²) in [6, 6.07) is 10.7. The molecule has 2 aliphatic rings. The molecule has 2 aliphatic heterocycles. The van der Waals surface area contributed by atoms with Crippen molar-refractivity contribution >= 4 is 40.7 Å². The highest BCUT2D eigenvalue weighted by molar-refractivity contribution is 8.00. The minimum Gasteiger partial charge on any atom is -0.294 e. The van der Waals surface area contributed by atoms with Crippen molar-refractivity contribution in [1.29, 1.82) is 0 Å². The molecule has 3 amide bonds. The van der Waals surface area contributed by atoms with Crippen LogP contribution in [0.2, 0.25) is 0 Å². The Morgan fingerprint density at radius 3 is 2.59 bits per heavy atom. The molecular formula is C16H14N2O2S2. The van der Waals surface area contributed by atoms with E-state index in [0.29, 0.717) is 11.4 Å². The summed E-state index contributed by atoms with van der Waals surface area (Å²) in [6.07, 6.45) is 0. The number of thioether (sulfide) groups is 1. The lowest BCUT2D eigenvalue weighted by atomic mass is 10.2. The number of para-hydroxylation sites is 1. The number of imide groups is 1. The number of thiophene rings is 1. The Hall–Kier alpha value is -1.79. The minimum atomic E-state index is -0.343. The third-order valence-electron chi connectivity index (χ3n) is 4.06. The Bertz CT molecular complexity index is 744. The lowest BCUT2D eigenvalue weighted by molar-refractivity contribution is -0.119. The van der Waals surface area contributed by atoms with Gasteiger partial charge in [0, 0.05) is 10.6 Å². The van der Waals surface area contributed by atoms with Gasteiger partial charge in [0.2, 0.25) is 0 Å². The fourth-order valence-corrected chi connectivity index (χ4v) is 5.62. The third-order valence-corrected chi connectivity index (χ3v) is 6.57. The third kappa shape index (κ3) is 1.90. The monoisotopic (exact) mass is 330 g/mol. The second-order valence-corrected chi connectivity index (χ2v) is 7.43. The number of aryl methyl sites for hydroxylation is 1. The van der Waals surface area contributed by atoms with E-state index in [9.17, 15) is 9.59 Å². The smallest absolute Gasteiger partial charge is 0.294 e. The Morgan fingerprint density at radius 1 is 1.14 bits per heavy atom. The van der Waals surface area contributed by atoms with E-state index in [4.69, 9.17) is 0 Å². The van der Waals surface area contributed by atoms with Crippen LogP contribution in [0.5, 0.6) is 0 Å². The average molecular weight is 330 g/mol. The zero-order valence-corrected chi connectivity index (χ0v) is 13.6. The van der Waals surface area contributed by atoms with Crippen molar-refractivity contribution in [2.75, 3.05) is 10.7 Å².